The molecule has 0 aliphatic carbocycles. The van der Waals surface area contributed by atoms with E-state index in [9.17, 15) is 0 Å². The number of ether oxygens (including phenoxy) is 1. The Bertz CT molecular complexity index is 659. The molecule has 0 N–H and O–H groups in total. The first-order valence-electron chi connectivity index (χ1n) is 7.78. The lowest BCUT2D eigenvalue weighted by molar-refractivity contribution is 0.0404. The molecule has 0 radical (unpaired) electrons. The van der Waals surface area contributed by atoms with Gasteiger partial charge in [-0.25, -0.2) is 9.90 Å². The first-order valence-corrected chi connectivity index (χ1v) is 7.78. The van der Waals surface area contributed by atoms with Crippen molar-refractivity contribution >= 4 is 11.4 Å². The average molecular weight is 296 g/mol. The summed E-state index contributed by atoms with van der Waals surface area (Å²) in [6.07, 6.45) is 2.32. The zero-order valence-corrected chi connectivity index (χ0v) is 12.7. The normalized spacial score (nSPS) is 20.3. The van der Waals surface area contributed by atoms with Gasteiger partial charge in [-0.1, -0.05) is 24.3 Å². The van der Waals surface area contributed by atoms with Crippen LogP contribution in [-0.4, -0.2) is 19.9 Å². The maximum Gasteiger partial charge on any atom is 0.157 e. The van der Waals surface area contributed by atoms with Gasteiger partial charge in [0, 0.05) is 18.3 Å². The maximum absolute atomic E-state index is 6.30. The molecule has 0 aromatic heterocycles. The van der Waals surface area contributed by atoms with E-state index in [0.717, 1.165) is 37.4 Å². The Morgan fingerprint density at radius 2 is 2.00 bits per heavy atom. The van der Waals surface area contributed by atoms with Crippen molar-refractivity contribution in [1.29, 1.82) is 0 Å². The predicted octanol–water partition coefficient (Wildman–Crippen LogP) is 3.57. The minimum absolute atomic E-state index is 0.105. The van der Waals surface area contributed by atoms with Crippen molar-refractivity contribution in [2.45, 2.75) is 25.6 Å². The van der Waals surface area contributed by atoms with Crippen LogP contribution < -0.4 is 14.7 Å². The predicted molar refractivity (Wildman–Crippen MR) is 87.1 cm³/mol. The highest BCUT2D eigenvalue weighted by Gasteiger charge is 2.33. The molecule has 2 aliphatic rings. The van der Waals surface area contributed by atoms with Gasteiger partial charge in [-0.2, -0.15) is 0 Å². The molecule has 4 nitrogen and oxygen atoms in total. The van der Waals surface area contributed by atoms with Crippen LogP contribution >= 0.6 is 0 Å². The fourth-order valence-electron chi connectivity index (χ4n) is 3.28. The van der Waals surface area contributed by atoms with Gasteiger partial charge in [0.15, 0.2) is 6.23 Å². The van der Waals surface area contributed by atoms with E-state index in [1.54, 1.807) is 7.11 Å². The average Bonchev–Trinajstić information content (AvgIpc) is 2.97. The lowest BCUT2D eigenvalue weighted by atomic mass is 10.1. The molecule has 114 valence electrons. The molecule has 2 aromatic carbocycles. The number of benzene rings is 2. The van der Waals surface area contributed by atoms with Gasteiger partial charge in [0.2, 0.25) is 0 Å². The van der Waals surface area contributed by atoms with Gasteiger partial charge in [-0.15, -0.1) is 0 Å². The molecule has 1 atom stereocenters. The number of fused-ring (bicyclic) bond motifs is 3. The standard InChI is InChI=1S/C18H20N2O2/c1-21-16-10-9-14-13-20(15-6-3-2-4-7-15)22-18-8-5-11-19(18)17(14)12-16/h2-4,6-7,9-10,12,18H,5,8,11,13H2,1H3. The van der Waals surface area contributed by atoms with E-state index in [0.29, 0.717) is 0 Å². The van der Waals surface area contributed by atoms with Crippen molar-refractivity contribution in [3.63, 3.8) is 0 Å². The second-order valence-corrected chi connectivity index (χ2v) is 5.76. The Kier molecular flexibility index (Phi) is 3.39. The van der Waals surface area contributed by atoms with Crippen molar-refractivity contribution < 1.29 is 9.57 Å². The van der Waals surface area contributed by atoms with Crippen LogP contribution in [0.4, 0.5) is 11.4 Å². The maximum atomic E-state index is 6.30. The van der Waals surface area contributed by atoms with E-state index in [1.165, 1.54) is 11.3 Å². The number of hydrogen-bond acceptors (Lipinski definition) is 4. The Labute approximate surface area is 130 Å². The number of nitrogens with zero attached hydrogens (tertiary/aromatic N) is 2. The molecule has 1 fully saturated rings. The Morgan fingerprint density at radius 1 is 1.14 bits per heavy atom. The zero-order chi connectivity index (χ0) is 14.9. The van der Waals surface area contributed by atoms with Gasteiger partial charge < -0.3 is 9.64 Å². The van der Waals surface area contributed by atoms with Gasteiger partial charge in [0.05, 0.1) is 19.3 Å². The van der Waals surface area contributed by atoms with E-state index >= 15 is 0 Å². The lowest BCUT2D eigenvalue weighted by Gasteiger charge is -2.28. The number of rotatable bonds is 2. The van der Waals surface area contributed by atoms with Gasteiger partial charge in [-0.05, 0) is 36.6 Å². The fraction of sp³-hybridized carbons (Fsp3) is 0.333. The molecular formula is C18H20N2O2. The SMILES string of the molecule is COc1ccc2c(c1)N1CCCC1ON(c1ccccc1)C2. The molecule has 1 unspecified atom stereocenters. The van der Waals surface area contributed by atoms with E-state index in [4.69, 9.17) is 9.57 Å². The summed E-state index contributed by atoms with van der Waals surface area (Å²) in [6.45, 7) is 1.78. The van der Waals surface area contributed by atoms with Gasteiger partial charge in [0.25, 0.3) is 0 Å². The van der Waals surface area contributed by atoms with Gasteiger partial charge in [-0.3, -0.25) is 0 Å². The summed E-state index contributed by atoms with van der Waals surface area (Å²) in [7, 11) is 1.71. The first-order chi connectivity index (χ1) is 10.8. The summed E-state index contributed by atoms with van der Waals surface area (Å²) in [4.78, 5) is 8.66. The van der Waals surface area contributed by atoms with Crippen LogP contribution in [0.2, 0.25) is 0 Å². The monoisotopic (exact) mass is 296 g/mol. The van der Waals surface area contributed by atoms with Crippen LogP contribution in [0.3, 0.4) is 0 Å². The van der Waals surface area contributed by atoms with Crippen LogP contribution in [0.25, 0.3) is 0 Å². The topological polar surface area (TPSA) is 24.9 Å². The van der Waals surface area contributed by atoms with Crippen molar-refractivity contribution in [3.8, 4) is 5.75 Å². The van der Waals surface area contributed by atoms with Crippen molar-refractivity contribution in [1.82, 2.24) is 0 Å². The van der Waals surface area contributed by atoms with Crippen LogP contribution in [0.1, 0.15) is 18.4 Å². The molecular weight excluding hydrogens is 276 g/mol. The largest absolute Gasteiger partial charge is 0.497 e. The highest BCUT2D eigenvalue weighted by atomic mass is 16.7. The minimum atomic E-state index is 0.105. The molecule has 2 aliphatic heterocycles. The molecule has 2 heterocycles. The van der Waals surface area contributed by atoms with E-state index in [-0.39, 0.29) is 6.23 Å². The number of hydroxylamine groups is 1. The van der Waals surface area contributed by atoms with Crippen molar-refractivity contribution in [2.24, 2.45) is 0 Å². The molecule has 4 heteroatoms. The molecule has 4 rings (SSSR count). The van der Waals surface area contributed by atoms with Crippen LogP contribution in [0, 0.1) is 0 Å². The summed E-state index contributed by atoms with van der Waals surface area (Å²) < 4.78 is 5.40. The summed E-state index contributed by atoms with van der Waals surface area (Å²) in [5.41, 5.74) is 3.60. The van der Waals surface area contributed by atoms with Crippen LogP contribution in [-0.2, 0) is 11.4 Å². The lowest BCUT2D eigenvalue weighted by Crippen LogP contribution is -2.35. The summed E-state index contributed by atoms with van der Waals surface area (Å²) >= 11 is 0. The highest BCUT2D eigenvalue weighted by Crippen LogP contribution is 2.37. The second kappa shape index (κ2) is 5.54. The minimum Gasteiger partial charge on any atom is -0.497 e. The Morgan fingerprint density at radius 3 is 2.82 bits per heavy atom. The number of methoxy groups -OCH3 is 1. The van der Waals surface area contributed by atoms with E-state index in [2.05, 4.69) is 29.2 Å². The van der Waals surface area contributed by atoms with Gasteiger partial charge in [0.1, 0.15) is 5.75 Å². The number of para-hydroxylation sites is 1. The van der Waals surface area contributed by atoms with Gasteiger partial charge >= 0.3 is 0 Å². The fourth-order valence-corrected chi connectivity index (χ4v) is 3.28. The number of hydrogen-bond donors (Lipinski definition) is 0. The Hall–Kier alpha value is -2.20. The smallest absolute Gasteiger partial charge is 0.157 e. The molecule has 0 amide bonds. The van der Waals surface area contributed by atoms with E-state index in [1.807, 2.05) is 29.3 Å². The third-order valence-corrected chi connectivity index (χ3v) is 4.41. The first kappa shape index (κ1) is 13.5. The van der Waals surface area contributed by atoms with Crippen molar-refractivity contribution in [2.75, 3.05) is 23.6 Å². The van der Waals surface area contributed by atoms with E-state index < -0.39 is 0 Å². The number of anilines is 2. The Balaban J connectivity index is 1.75. The third-order valence-electron chi connectivity index (χ3n) is 4.41. The summed E-state index contributed by atoms with van der Waals surface area (Å²) in [6, 6.07) is 16.6. The van der Waals surface area contributed by atoms with Crippen LogP contribution in [0.5, 0.6) is 5.75 Å². The molecule has 0 bridgehead atoms. The third kappa shape index (κ3) is 2.29. The second-order valence-electron chi connectivity index (χ2n) is 5.76. The quantitative estimate of drug-likeness (QED) is 0.846. The molecule has 0 saturated carbocycles. The molecule has 22 heavy (non-hydrogen) atoms. The molecule has 1 saturated heterocycles. The summed E-state index contributed by atoms with van der Waals surface area (Å²) in [5, 5.41) is 2.02. The highest BCUT2D eigenvalue weighted by molar-refractivity contribution is 5.60. The molecule has 2 aromatic rings. The summed E-state index contributed by atoms with van der Waals surface area (Å²) in [5.74, 6) is 0.901. The van der Waals surface area contributed by atoms with Crippen molar-refractivity contribution in [3.05, 3.63) is 54.1 Å². The van der Waals surface area contributed by atoms with Crippen LogP contribution in [0.15, 0.2) is 48.5 Å². The zero-order valence-electron chi connectivity index (χ0n) is 12.7. The molecule has 0 spiro atoms.